The van der Waals surface area contributed by atoms with Gasteiger partial charge in [0.05, 0.1) is 27.3 Å². The maximum Gasteiger partial charge on any atom is 0.125 e. The van der Waals surface area contributed by atoms with Gasteiger partial charge in [0.2, 0.25) is 0 Å². The van der Waals surface area contributed by atoms with E-state index >= 15 is 0 Å². The Labute approximate surface area is 86.1 Å². The van der Waals surface area contributed by atoms with Crippen LogP contribution in [0.25, 0.3) is 0 Å². The van der Waals surface area contributed by atoms with Gasteiger partial charge in [0, 0.05) is 13.5 Å². The molecule has 76 valence electrons. The van der Waals surface area contributed by atoms with Crippen LogP contribution < -0.4 is 0 Å². The number of methoxy groups -OCH3 is 2. The largest absolute Gasteiger partial charge is 0.499 e. The number of allylic oxidation sites excluding steroid dienone is 2. The lowest BCUT2D eigenvalue weighted by Gasteiger charge is -2.22. The van der Waals surface area contributed by atoms with Gasteiger partial charge >= 0.3 is 0 Å². The van der Waals surface area contributed by atoms with Crippen molar-refractivity contribution in [3.8, 4) is 0 Å². The van der Waals surface area contributed by atoms with E-state index in [-0.39, 0.29) is 6.10 Å². The molecule has 0 N–H and O–H groups in total. The number of ether oxygens (including phenoxy) is 3. The first kappa shape index (κ1) is 11.2. The van der Waals surface area contributed by atoms with Crippen LogP contribution in [0.15, 0.2) is 23.7 Å². The molecule has 0 aromatic heterocycles. The second-order valence-corrected chi connectivity index (χ2v) is 2.97. The van der Waals surface area contributed by atoms with Gasteiger partial charge in [-0.1, -0.05) is 6.32 Å². The van der Waals surface area contributed by atoms with E-state index in [0.29, 0.717) is 19.3 Å². The van der Waals surface area contributed by atoms with Gasteiger partial charge < -0.3 is 14.2 Å². The van der Waals surface area contributed by atoms with Crippen molar-refractivity contribution in [2.24, 2.45) is 0 Å². The number of rotatable bonds is 5. The molecule has 0 aromatic rings. The molecule has 0 aliphatic heterocycles. The van der Waals surface area contributed by atoms with Crippen molar-refractivity contribution in [2.45, 2.75) is 18.8 Å². The van der Waals surface area contributed by atoms with E-state index in [2.05, 4.69) is 0 Å². The van der Waals surface area contributed by atoms with Crippen LogP contribution in [0.1, 0.15) is 6.42 Å². The summed E-state index contributed by atoms with van der Waals surface area (Å²) in [6.07, 6.45) is 4.94. The zero-order valence-corrected chi connectivity index (χ0v) is 8.66. The highest BCUT2D eigenvalue weighted by Gasteiger charge is 2.20. The SMILES string of the molecule is [B]CCOC1=CC=C(OC)C(OC)C1. The minimum absolute atomic E-state index is 0.0437. The van der Waals surface area contributed by atoms with Gasteiger partial charge in [0.25, 0.3) is 0 Å². The Balaban J connectivity index is 2.56. The van der Waals surface area contributed by atoms with Crippen molar-refractivity contribution < 1.29 is 14.2 Å². The van der Waals surface area contributed by atoms with Crippen LogP contribution in [-0.2, 0) is 14.2 Å². The Hall–Kier alpha value is -0.895. The van der Waals surface area contributed by atoms with Gasteiger partial charge in [-0.05, 0) is 12.2 Å². The van der Waals surface area contributed by atoms with E-state index in [1.165, 1.54) is 0 Å². The summed E-state index contributed by atoms with van der Waals surface area (Å²) in [6.45, 7) is 0.540. The van der Waals surface area contributed by atoms with Crippen LogP contribution >= 0.6 is 0 Å². The molecule has 1 aliphatic rings. The Morgan fingerprint density at radius 3 is 2.79 bits per heavy atom. The zero-order chi connectivity index (χ0) is 10.4. The van der Waals surface area contributed by atoms with Gasteiger partial charge in [-0.15, -0.1) is 0 Å². The smallest absolute Gasteiger partial charge is 0.125 e. The lowest BCUT2D eigenvalue weighted by atomic mass is 10.1. The maximum atomic E-state index is 5.41. The topological polar surface area (TPSA) is 27.7 Å². The molecule has 0 amide bonds. The Morgan fingerprint density at radius 2 is 2.21 bits per heavy atom. The zero-order valence-electron chi connectivity index (χ0n) is 8.66. The first-order valence-electron chi connectivity index (χ1n) is 4.62. The third kappa shape index (κ3) is 2.81. The summed E-state index contributed by atoms with van der Waals surface area (Å²) < 4.78 is 15.8. The predicted octanol–water partition coefficient (Wildman–Crippen LogP) is 1.42. The summed E-state index contributed by atoms with van der Waals surface area (Å²) in [5, 5.41) is 0. The van der Waals surface area contributed by atoms with E-state index in [1.807, 2.05) is 12.2 Å². The highest BCUT2D eigenvalue weighted by atomic mass is 16.5. The van der Waals surface area contributed by atoms with Gasteiger partial charge in [0.15, 0.2) is 0 Å². The van der Waals surface area contributed by atoms with Gasteiger partial charge in [0.1, 0.15) is 11.9 Å². The fourth-order valence-corrected chi connectivity index (χ4v) is 1.33. The molecule has 0 fully saturated rings. The molecule has 0 aromatic carbocycles. The molecule has 0 saturated carbocycles. The molecule has 4 heteroatoms. The molecule has 0 spiro atoms. The van der Waals surface area contributed by atoms with Crippen LogP contribution in [0.5, 0.6) is 0 Å². The monoisotopic (exact) mass is 194 g/mol. The van der Waals surface area contributed by atoms with Crippen molar-refractivity contribution in [2.75, 3.05) is 20.8 Å². The minimum Gasteiger partial charge on any atom is -0.499 e. The van der Waals surface area contributed by atoms with Gasteiger partial charge in [-0.2, -0.15) is 0 Å². The summed E-state index contributed by atoms with van der Waals surface area (Å²) >= 11 is 0. The fourth-order valence-electron chi connectivity index (χ4n) is 1.33. The average molecular weight is 194 g/mol. The van der Waals surface area contributed by atoms with Crippen LogP contribution in [0, 0.1) is 0 Å². The molecule has 0 saturated heterocycles. The normalized spacial score (nSPS) is 21.1. The van der Waals surface area contributed by atoms with E-state index < -0.39 is 0 Å². The molecular formula is C10H15BO3. The van der Waals surface area contributed by atoms with E-state index in [4.69, 9.17) is 22.1 Å². The summed E-state index contributed by atoms with van der Waals surface area (Å²) in [4.78, 5) is 0. The number of hydrogen-bond acceptors (Lipinski definition) is 3. The second kappa shape index (κ2) is 5.76. The highest BCUT2D eigenvalue weighted by Crippen LogP contribution is 2.22. The van der Waals surface area contributed by atoms with E-state index in [1.54, 1.807) is 14.2 Å². The van der Waals surface area contributed by atoms with E-state index in [9.17, 15) is 0 Å². The van der Waals surface area contributed by atoms with Crippen molar-refractivity contribution >= 4 is 7.85 Å². The van der Waals surface area contributed by atoms with Crippen LogP contribution in [-0.4, -0.2) is 34.8 Å². The Morgan fingerprint density at radius 1 is 1.43 bits per heavy atom. The van der Waals surface area contributed by atoms with Crippen LogP contribution in [0.3, 0.4) is 0 Å². The number of hydrogen-bond donors (Lipinski definition) is 0. The Bertz CT molecular complexity index is 236. The van der Waals surface area contributed by atoms with Crippen molar-refractivity contribution in [1.29, 1.82) is 0 Å². The summed E-state index contributed by atoms with van der Waals surface area (Å²) in [5.74, 6) is 1.72. The highest BCUT2D eigenvalue weighted by molar-refractivity contribution is 6.08. The van der Waals surface area contributed by atoms with Crippen LogP contribution in [0.2, 0.25) is 6.32 Å². The standard InChI is InChI=1S/C10H15BO3/c1-12-9-4-3-8(14-6-5-11)7-10(9)13-2/h3-4,10H,5-7H2,1-2H3. The lowest BCUT2D eigenvalue weighted by Crippen LogP contribution is -2.19. The molecule has 14 heavy (non-hydrogen) atoms. The molecule has 2 radical (unpaired) electrons. The molecule has 0 heterocycles. The summed E-state index contributed by atoms with van der Waals surface area (Å²) in [6, 6.07) is 0. The van der Waals surface area contributed by atoms with Crippen molar-refractivity contribution in [1.82, 2.24) is 0 Å². The summed E-state index contributed by atoms with van der Waals surface area (Å²) in [5.41, 5.74) is 0. The summed E-state index contributed by atoms with van der Waals surface area (Å²) in [7, 11) is 8.64. The second-order valence-electron chi connectivity index (χ2n) is 2.97. The molecule has 1 atom stereocenters. The molecular weight excluding hydrogens is 179 g/mol. The maximum absolute atomic E-state index is 5.41. The van der Waals surface area contributed by atoms with Gasteiger partial charge in [-0.3, -0.25) is 0 Å². The lowest BCUT2D eigenvalue weighted by molar-refractivity contribution is 0.0617. The molecule has 1 unspecified atom stereocenters. The molecule has 3 nitrogen and oxygen atoms in total. The predicted molar refractivity (Wildman–Crippen MR) is 55.1 cm³/mol. The van der Waals surface area contributed by atoms with Crippen molar-refractivity contribution in [3.05, 3.63) is 23.7 Å². The fraction of sp³-hybridized carbons (Fsp3) is 0.600. The first-order chi connectivity index (χ1) is 6.81. The molecule has 1 rings (SSSR count). The quantitative estimate of drug-likeness (QED) is 0.619. The Kier molecular flexibility index (Phi) is 4.60. The third-order valence-corrected chi connectivity index (χ3v) is 2.06. The third-order valence-electron chi connectivity index (χ3n) is 2.06. The van der Waals surface area contributed by atoms with Crippen LogP contribution in [0.4, 0.5) is 0 Å². The minimum atomic E-state index is -0.0437. The molecule has 0 bridgehead atoms. The van der Waals surface area contributed by atoms with E-state index in [0.717, 1.165) is 11.5 Å². The van der Waals surface area contributed by atoms with Gasteiger partial charge in [-0.25, -0.2) is 0 Å². The van der Waals surface area contributed by atoms with Crippen molar-refractivity contribution in [3.63, 3.8) is 0 Å². The first-order valence-corrected chi connectivity index (χ1v) is 4.62. The average Bonchev–Trinajstić information content (AvgIpc) is 2.25. The molecule has 1 aliphatic carbocycles.